The number of nitrogens with two attached hydrogens (primary N) is 1. The number of nitrogens with one attached hydrogen (secondary N) is 1. The molecule has 3 heterocycles. The van der Waals surface area contributed by atoms with Gasteiger partial charge in [-0.25, -0.2) is 14.4 Å². The Morgan fingerprint density at radius 2 is 2.28 bits per heavy atom. The second-order valence-electron chi connectivity index (χ2n) is 5.51. The van der Waals surface area contributed by atoms with Gasteiger partial charge in [0.2, 0.25) is 5.91 Å². The Bertz CT molecular complexity index is 1040. The van der Waals surface area contributed by atoms with Crippen molar-refractivity contribution in [1.29, 1.82) is 0 Å². The zero-order valence-electron chi connectivity index (χ0n) is 13.5. The number of pyridine rings is 1. The van der Waals surface area contributed by atoms with Gasteiger partial charge in [-0.3, -0.25) is 9.59 Å². The number of carbonyl (C=O) groups excluding carboxylic acids is 1. The first-order valence-corrected chi connectivity index (χ1v) is 7.71. The molecule has 3 N–H and O–H groups in total. The van der Waals surface area contributed by atoms with Gasteiger partial charge in [-0.05, 0) is 18.6 Å². The van der Waals surface area contributed by atoms with Gasteiger partial charge >= 0.3 is 0 Å². The van der Waals surface area contributed by atoms with Crippen LogP contribution in [0, 0.1) is 5.82 Å². The topological polar surface area (TPSA) is 107 Å². The number of rotatable bonds is 5. The fraction of sp³-hybridized carbons (Fsp3) is 0.176. The third-order valence-corrected chi connectivity index (χ3v) is 3.64. The van der Waals surface area contributed by atoms with Crippen LogP contribution in [0.4, 0.5) is 4.39 Å². The van der Waals surface area contributed by atoms with E-state index in [1.807, 2.05) is 6.92 Å². The summed E-state index contributed by atoms with van der Waals surface area (Å²) in [5.74, 6) is -1.41. The number of hydrogen-bond acceptors (Lipinski definition) is 4. The standard InChI is InChI=1S/C17H16FN5O2/c1-2-5-23-9-11(6-12(18)17(23)25)13-8-21-16-15(22-13)10(7-20-16)3-4-14(19)24/h3-4,6-9H,2,5H2,1H3,(H2,19,24)(H,20,21)/b4-3+. The molecule has 128 valence electrons. The fourth-order valence-electron chi connectivity index (χ4n) is 2.49. The molecule has 3 aromatic rings. The second-order valence-corrected chi connectivity index (χ2v) is 5.51. The van der Waals surface area contributed by atoms with E-state index >= 15 is 0 Å². The Labute approximate surface area is 142 Å². The van der Waals surface area contributed by atoms with Crippen molar-refractivity contribution in [3.8, 4) is 11.3 Å². The van der Waals surface area contributed by atoms with Gasteiger partial charge in [0.05, 0.1) is 11.9 Å². The van der Waals surface area contributed by atoms with Crippen LogP contribution in [-0.2, 0) is 11.3 Å². The van der Waals surface area contributed by atoms with E-state index in [0.29, 0.717) is 41.0 Å². The van der Waals surface area contributed by atoms with E-state index in [9.17, 15) is 14.0 Å². The number of halogens is 1. The van der Waals surface area contributed by atoms with Crippen molar-refractivity contribution in [3.05, 3.63) is 52.5 Å². The third-order valence-electron chi connectivity index (χ3n) is 3.64. The lowest BCUT2D eigenvalue weighted by atomic mass is 10.2. The second kappa shape index (κ2) is 6.68. The van der Waals surface area contributed by atoms with E-state index in [0.717, 1.165) is 6.07 Å². The summed E-state index contributed by atoms with van der Waals surface area (Å²) in [6, 6.07) is 1.15. The monoisotopic (exact) mass is 341 g/mol. The average Bonchev–Trinajstić information content (AvgIpc) is 2.99. The van der Waals surface area contributed by atoms with Crippen LogP contribution in [0.5, 0.6) is 0 Å². The van der Waals surface area contributed by atoms with Crippen molar-refractivity contribution < 1.29 is 9.18 Å². The molecule has 0 aliphatic heterocycles. The number of nitrogens with zero attached hydrogens (tertiary/aromatic N) is 3. The molecule has 0 unspecified atom stereocenters. The number of aromatic nitrogens is 4. The SMILES string of the molecule is CCCn1cc(-c2cnc3[nH]cc(/C=C/C(N)=O)c3n2)cc(F)c1=O. The van der Waals surface area contributed by atoms with Crippen molar-refractivity contribution in [1.82, 2.24) is 19.5 Å². The summed E-state index contributed by atoms with van der Waals surface area (Å²) in [7, 11) is 0. The summed E-state index contributed by atoms with van der Waals surface area (Å²) in [4.78, 5) is 34.4. The van der Waals surface area contributed by atoms with E-state index in [4.69, 9.17) is 5.73 Å². The molecule has 0 spiro atoms. The molecular formula is C17H16FN5O2. The Hall–Kier alpha value is -3.29. The van der Waals surface area contributed by atoms with Crippen LogP contribution in [0.25, 0.3) is 28.5 Å². The molecule has 0 aliphatic carbocycles. The van der Waals surface area contributed by atoms with Gasteiger partial charge in [-0.1, -0.05) is 6.92 Å². The van der Waals surface area contributed by atoms with Crippen molar-refractivity contribution >= 4 is 23.1 Å². The molecule has 0 saturated carbocycles. The number of amides is 1. The molecule has 0 aliphatic rings. The number of H-pyrrole nitrogens is 1. The number of hydrogen-bond donors (Lipinski definition) is 2. The summed E-state index contributed by atoms with van der Waals surface area (Å²) in [5, 5.41) is 0. The van der Waals surface area contributed by atoms with Crippen LogP contribution in [0.15, 0.2) is 35.5 Å². The van der Waals surface area contributed by atoms with Gasteiger partial charge in [0.15, 0.2) is 11.5 Å². The maximum absolute atomic E-state index is 13.9. The van der Waals surface area contributed by atoms with Gasteiger partial charge in [-0.2, -0.15) is 0 Å². The first-order valence-electron chi connectivity index (χ1n) is 7.71. The van der Waals surface area contributed by atoms with Crippen LogP contribution >= 0.6 is 0 Å². The number of aromatic amines is 1. The Balaban J connectivity index is 2.11. The zero-order valence-corrected chi connectivity index (χ0v) is 13.5. The molecule has 0 fully saturated rings. The van der Waals surface area contributed by atoms with Crippen LogP contribution in [0.1, 0.15) is 18.9 Å². The van der Waals surface area contributed by atoms with E-state index in [2.05, 4.69) is 15.0 Å². The van der Waals surface area contributed by atoms with Crippen LogP contribution < -0.4 is 11.3 Å². The van der Waals surface area contributed by atoms with Gasteiger partial charge < -0.3 is 15.3 Å². The van der Waals surface area contributed by atoms with Crippen molar-refractivity contribution in [2.24, 2.45) is 5.73 Å². The lowest BCUT2D eigenvalue weighted by Gasteiger charge is -2.07. The number of carbonyl (C=O) groups is 1. The molecule has 0 saturated heterocycles. The number of aryl methyl sites for hydroxylation is 1. The molecule has 0 aromatic carbocycles. The smallest absolute Gasteiger partial charge is 0.286 e. The third kappa shape index (κ3) is 3.32. The molecule has 3 rings (SSSR count). The average molecular weight is 341 g/mol. The van der Waals surface area contributed by atoms with Gasteiger partial charge in [0.1, 0.15) is 5.52 Å². The molecule has 3 aromatic heterocycles. The first kappa shape index (κ1) is 16.6. The minimum Gasteiger partial charge on any atom is -0.366 e. The molecule has 0 atom stereocenters. The van der Waals surface area contributed by atoms with Crippen LogP contribution in [0.3, 0.4) is 0 Å². The predicted molar refractivity (Wildman–Crippen MR) is 92.1 cm³/mol. The van der Waals surface area contributed by atoms with Crippen LogP contribution in [0.2, 0.25) is 0 Å². The number of fused-ring (bicyclic) bond motifs is 1. The minimum absolute atomic E-state index is 0.413. The summed E-state index contributed by atoms with van der Waals surface area (Å²) in [5.41, 5.74) is 6.98. The Kier molecular flexibility index (Phi) is 4.42. The lowest BCUT2D eigenvalue weighted by molar-refractivity contribution is -0.113. The molecule has 25 heavy (non-hydrogen) atoms. The van der Waals surface area contributed by atoms with Crippen molar-refractivity contribution in [3.63, 3.8) is 0 Å². The molecule has 7 nitrogen and oxygen atoms in total. The minimum atomic E-state index is -0.837. The molecule has 0 radical (unpaired) electrons. The van der Waals surface area contributed by atoms with Gasteiger partial charge in [-0.15, -0.1) is 0 Å². The Morgan fingerprint density at radius 3 is 3.00 bits per heavy atom. The summed E-state index contributed by atoms with van der Waals surface area (Å²) >= 11 is 0. The molecule has 8 heteroatoms. The van der Waals surface area contributed by atoms with Crippen molar-refractivity contribution in [2.45, 2.75) is 19.9 Å². The summed E-state index contributed by atoms with van der Waals surface area (Å²) in [6.07, 6.45) is 8.16. The molecule has 0 bridgehead atoms. The fourth-order valence-corrected chi connectivity index (χ4v) is 2.49. The highest BCUT2D eigenvalue weighted by Crippen LogP contribution is 2.21. The highest BCUT2D eigenvalue weighted by atomic mass is 19.1. The van der Waals surface area contributed by atoms with Gasteiger partial charge in [0, 0.05) is 36.1 Å². The van der Waals surface area contributed by atoms with Gasteiger partial charge in [0.25, 0.3) is 5.56 Å². The summed E-state index contributed by atoms with van der Waals surface area (Å²) in [6.45, 7) is 2.32. The highest BCUT2D eigenvalue weighted by molar-refractivity contribution is 5.93. The van der Waals surface area contributed by atoms with E-state index in [1.165, 1.54) is 22.9 Å². The zero-order chi connectivity index (χ0) is 18.0. The van der Waals surface area contributed by atoms with Crippen LogP contribution in [-0.4, -0.2) is 25.4 Å². The predicted octanol–water partition coefficient (Wildman–Crippen LogP) is 1.83. The molecular weight excluding hydrogens is 325 g/mol. The van der Waals surface area contributed by atoms with E-state index in [1.54, 1.807) is 12.4 Å². The highest BCUT2D eigenvalue weighted by Gasteiger charge is 2.11. The van der Waals surface area contributed by atoms with Crippen molar-refractivity contribution in [2.75, 3.05) is 0 Å². The van der Waals surface area contributed by atoms with E-state index < -0.39 is 17.3 Å². The largest absolute Gasteiger partial charge is 0.366 e. The normalized spacial score (nSPS) is 11.4. The quantitative estimate of drug-likeness (QED) is 0.690. The maximum Gasteiger partial charge on any atom is 0.286 e. The lowest BCUT2D eigenvalue weighted by Crippen LogP contribution is -2.22. The molecule has 1 amide bonds. The Morgan fingerprint density at radius 1 is 1.48 bits per heavy atom. The maximum atomic E-state index is 13.9. The summed E-state index contributed by atoms with van der Waals surface area (Å²) < 4.78 is 15.3. The number of primary amides is 1. The van der Waals surface area contributed by atoms with E-state index in [-0.39, 0.29) is 0 Å². The first-order chi connectivity index (χ1) is 12.0.